The summed E-state index contributed by atoms with van der Waals surface area (Å²) in [5.41, 5.74) is 6.98. The minimum atomic E-state index is 0.0798. The molecule has 2 saturated heterocycles. The first-order valence-corrected chi connectivity index (χ1v) is 8.63. The van der Waals surface area contributed by atoms with Crippen LogP contribution in [0.15, 0.2) is 24.3 Å². The van der Waals surface area contributed by atoms with Crippen LogP contribution in [-0.2, 0) is 11.2 Å². The van der Waals surface area contributed by atoms with E-state index in [2.05, 4.69) is 18.2 Å². The highest BCUT2D eigenvalue weighted by atomic mass is 32.2. The van der Waals surface area contributed by atoms with E-state index in [-0.39, 0.29) is 11.7 Å². The Morgan fingerprint density at radius 2 is 2.30 bits per heavy atom. The van der Waals surface area contributed by atoms with Crippen molar-refractivity contribution in [3.8, 4) is 5.75 Å². The maximum atomic E-state index is 6.28. The number of para-hydroxylation sites is 1. The van der Waals surface area contributed by atoms with Crippen molar-refractivity contribution in [1.29, 1.82) is 0 Å². The second kappa shape index (κ2) is 6.37. The molecule has 0 aromatic heterocycles. The predicted molar refractivity (Wildman–Crippen MR) is 83.5 cm³/mol. The van der Waals surface area contributed by atoms with Crippen molar-refractivity contribution in [2.75, 3.05) is 24.7 Å². The van der Waals surface area contributed by atoms with Crippen molar-refractivity contribution < 1.29 is 9.47 Å². The lowest BCUT2D eigenvalue weighted by Gasteiger charge is -2.37. The van der Waals surface area contributed by atoms with Crippen LogP contribution in [0, 0.1) is 0 Å². The Morgan fingerprint density at radius 3 is 3.10 bits per heavy atom. The van der Waals surface area contributed by atoms with Crippen LogP contribution in [0.5, 0.6) is 5.75 Å². The van der Waals surface area contributed by atoms with E-state index in [4.69, 9.17) is 15.2 Å². The molecule has 2 aliphatic rings. The third kappa shape index (κ3) is 3.13. The molecule has 0 aliphatic carbocycles. The molecule has 0 radical (unpaired) electrons. The zero-order valence-electron chi connectivity index (χ0n) is 11.8. The number of benzene rings is 1. The van der Waals surface area contributed by atoms with Gasteiger partial charge in [-0.3, -0.25) is 0 Å². The lowest BCUT2D eigenvalue weighted by atomic mass is 9.91. The van der Waals surface area contributed by atoms with Crippen LogP contribution < -0.4 is 10.5 Å². The van der Waals surface area contributed by atoms with E-state index in [1.54, 1.807) is 0 Å². The van der Waals surface area contributed by atoms with Crippen molar-refractivity contribution in [1.82, 2.24) is 0 Å². The average Bonchev–Trinajstić information content (AvgIpc) is 2.89. The van der Waals surface area contributed by atoms with Gasteiger partial charge in [0.1, 0.15) is 11.9 Å². The predicted octanol–water partition coefficient (Wildman–Crippen LogP) is 2.62. The van der Waals surface area contributed by atoms with Gasteiger partial charge in [0, 0.05) is 18.6 Å². The van der Waals surface area contributed by atoms with Crippen molar-refractivity contribution >= 4 is 11.8 Å². The molecular weight excluding hydrogens is 270 g/mol. The molecule has 1 aromatic carbocycles. The zero-order chi connectivity index (χ0) is 13.8. The van der Waals surface area contributed by atoms with Gasteiger partial charge >= 0.3 is 0 Å². The summed E-state index contributed by atoms with van der Waals surface area (Å²) < 4.78 is 12.3. The summed E-state index contributed by atoms with van der Waals surface area (Å²) in [5, 5.41) is 0. The van der Waals surface area contributed by atoms with Crippen molar-refractivity contribution in [2.24, 2.45) is 5.73 Å². The van der Waals surface area contributed by atoms with E-state index in [1.807, 2.05) is 17.8 Å². The minimum Gasteiger partial charge on any atom is -0.490 e. The van der Waals surface area contributed by atoms with Crippen LogP contribution in [0.4, 0.5) is 0 Å². The largest absolute Gasteiger partial charge is 0.490 e. The molecule has 2 aliphatic heterocycles. The van der Waals surface area contributed by atoms with Crippen LogP contribution in [0.2, 0.25) is 0 Å². The number of ether oxygens (including phenoxy) is 2. The fourth-order valence-corrected chi connectivity index (χ4v) is 4.49. The normalized spacial score (nSPS) is 29.8. The van der Waals surface area contributed by atoms with E-state index < -0.39 is 0 Å². The first-order valence-electron chi connectivity index (χ1n) is 7.48. The number of nitrogens with two attached hydrogens (primary N) is 1. The topological polar surface area (TPSA) is 44.5 Å². The number of hydrogen-bond acceptors (Lipinski definition) is 4. The Kier molecular flexibility index (Phi) is 4.54. The van der Waals surface area contributed by atoms with Crippen LogP contribution in [0.3, 0.4) is 0 Å². The molecule has 20 heavy (non-hydrogen) atoms. The second-order valence-corrected chi connectivity index (χ2v) is 6.82. The fraction of sp³-hybridized carbons (Fsp3) is 0.625. The quantitative estimate of drug-likeness (QED) is 0.927. The molecule has 4 heteroatoms. The highest BCUT2D eigenvalue weighted by Crippen LogP contribution is 2.39. The third-order valence-electron chi connectivity index (χ3n) is 4.19. The number of thioether (sulfide) groups is 1. The maximum Gasteiger partial charge on any atom is 0.122 e. The van der Waals surface area contributed by atoms with Gasteiger partial charge in [-0.25, -0.2) is 0 Å². The minimum absolute atomic E-state index is 0.0798. The van der Waals surface area contributed by atoms with Gasteiger partial charge < -0.3 is 15.2 Å². The van der Waals surface area contributed by atoms with Crippen molar-refractivity contribution in [3.05, 3.63) is 29.8 Å². The smallest absolute Gasteiger partial charge is 0.122 e. The molecule has 0 bridgehead atoms. The molecule has 110 valence electrons. The Labute approximate surface area is 125 Å². The van der Waals surface area contributed by atoms with E-state index >= 15 is 0 Å². The standard InChI is InChI=1S/C16H23NO2S/c17-8-5-13-3-1-2-4-15(13)19-14-6-9-18-16(11-14)7-10-20-12-16/h1-4,14H,5-12,17H2. The Balaban J connectivity index is 1.68. The monoisotopic (exact) mass is 293 g/mol. The number of hydrogen-bond donors (Lipinski definition) is 1. The first-order chi connectivity index (χ1) is 9.81. The Hall–Kier alpha value is -0.710. The lowest BCUT2D eigenvalue weighted by Crippen LogP contribution is -2.43. The van der Waals surface area contributed by atoms with Gasteiger partial charge in [-0.1, -0.05) is 18.2 Å². The summed E-state index contributed by atoms with van der Waals surface area (Å²) in [4.78, 5) is 0. The van der Waals surface area contributed by atoms with Gasteiger partial charge in [-0.2, -0.15) is 11.8 Å². The van der Waals surface area contributed by atoms with Crippen LogP contribution in [0.25, 0.3) is 0 Å². The van der Waals surface area contributed by atoms with Crippen LogP contribution >= 0.6 is 11.8 Å². The molecule has 2 N–H and O–H groups in total. The third-order valence-corrected chi connectivity index (χ3v) is 5.42. The van der Waals surface area contributed by atoms with Gasteiger partial charge in [0.25, 0.3) is 0 Å². The number of rotatable bonds is 4. The molecule has 2 atom stereocenters. The highest BCUT2D eigenvalue weighted by Gasteiger charge is 2.41. The maximum absolute atomic E-state index is 6.28. The summed E-state index contributed by atoms with van der Waals surface area (Å²) in [7, 11) is 0. The van der Waals surface area contributed by atoms with Gasteiger partial charge in [0.05, 0.1) is 12.2 Å². The van der Waals surface area contributed by atoms with Gasteiger partial charge in [0.15, 0.2) is 0 Å². The van der Waals surface area contributed by atoms with Crippen LogP contribution in [0.1, 0.15) is 24.8 Å². The molecule has 2 unspecified atom stereocenters. The molecule has 1 spiro atoms. The van der Waals surface area contributed by atoms with Gasteiger partial charge in [-0.05, 0) is 36.8 Å². The molecule has 2 heterocycles. The highest BCUT2D eigenvalue weighted by molar-refractivity contribution is 7.99. The SMILES string of the molecule is NCCc1ccccc1OC1CCOC2(CCSC2)C1. The van der Waals surface area contributed by atoms with E-state index in [1.165, 1.54) is 17.7 Å². The van der Waals surface area contributed by atoms with Gasteiger partial charge in [-0.15, -0.1) is 0 Å². The van der Waals surface area contributed by atoms with Gasteiger partial charge in [0.2, 0.25) is 0 Å². The average molecular weight is 293 g/mol. The van der Waals surface area contributed by atoms with E-state index in [9.17, 15) is 0 Å². The summed E-state index contributed by atoms with van der Waals surface area (Å²) in [6.07, 6.45) is 4.34. The first kappa shape index (κ1) is 14.2. The molecule has 1 aromatic rings. The summed E-state index contributed by atoms with van der Waals surface area (Å²) in [6.45, 7) is 1.49. The van der Waals surface area contributed by atoms with E-state index in [0.29, 0.717) is 6.54 Å². The lowest BCUT2D eigenvalue weighted by molar-refractivity contribution is -0.0960. The summed E-state index contributed by atoms with van der Waals surface area (Å²) in [5.74, 6) is 3.35. The fourth-order valence-electron chi connectivity index (χ4n) is 3.11. The van der Waals surface area contributed by atoms with E-state index in [0.717, 1.165) is 37.4 Å². The molecule has 0 saturated carbocycles. The molecule has 3 nitrogen and oxygen atoms in total. The zero-order valence-corrected chi connectivity index (χ0v) is 12.7. The molecule has 2 fully saturated rings. The second-order valence-electron chi connectivity index (χ2n) is 5.71. The molecular formula is C16H23NO2S. The Bertz CT molecular complexity index is 446. The molecule has 3 rings (SSSR count). The molecule has 0 amide bonds. The summed E-state index contributed by atoms with van der Waals surface area (Å²) in [6, 6.07) is 8.27. The van der Waals surface area contributed by atoms with Crippen molar-refractivity contribution in [2.45, 2.75) is 37.4 Å². The van der Waals surface area contributed by atoms with Crippen molar-refractivity contribution in [3.63, 3.8) is 0 Å². The summed E-state index contributed by atoms with van der Waals surface area (Å²) >= 11 is 2.00. The Morgan fingerprint density at radius 1 is 1.40 bits per heavy atom. The van der Waals surface area contributed by atoms with Crippen LogP contribution in [-0.4, -0.2) is 36.4 Å².